The molecular weight excluding hydrogens is 148 g/mol. The van der Waals surface area contributed by atoms with Gasteiger partial charge in [-0.15, -0.1) is 0 Å². The molecule has 68 valence electrons. The summed E-state index contributed by atoms with van der Waals surface area (Å²) in [5, 5.41) is 9.02. The van der Waals surface area contributed by atoms with Crippen molar-refractivity contribution < 1.29 is 9.94 Å². The summed E-state index contributed by atoms with van der Waals surface area (Å²) in [6, 6.07) is -0.531. The first-order valence-electron chi connectivity index (χ1n) is 3.36. The smallest absolute Gasteiger partial charge is 0.110 e. The topological polar surface area (TPSA) is 120 Å². The number of hydrogen-bond acceptors (Lipinski definition) is 6. The van der Waals surface area contributed by atoms with Crippen LogP contribution >= 0.6 is 0 Å². The Bertz CT molecular complexity index is 100. The zero-order chi connectivity index (χ0) is 8.85. The van der Waals surface area contributed by atoms with Crippen molar-refractivity contribution in [2.24, 2.45) is 17.5 Å². The van der Waals surface area contributed by atoms with E-state index in [9.17, 15) is 0 Å². The summed E-state index contributed by atoms with van der Waals surface area (Å²) in [7, 11) is 0. The minimum Gasteiger partial charge on any atom is -0.392 e. The number of aliphatic hydroxyl groups is 1. The summed E-state index contributed by atoms with van der Waals surface area (Å²) < 4.78 is 0. The van der Waals surface area contributed by atoms with E-state index in [-0.39, 0.29) is 0 Å². The van der Waals surface area contributed by atoms with Gasteiger partial charge in [0.25, 0.3) is 0 Å². The van der Waals surface area contributed by atoms with Crippen LogP contribution in [-0.2, 0) is 4.84 Å². The van der Waals surface area contributed by atoms with Crippen LogP contribution in [-0.4, -0.2) is 29.9 Å². The van der Waals surface area contributed by atoms with Crippen LogP contribution in [0, 0.1) is 0 Å². The standard InChI is InChI=1S/C5H16N4O2/c1-3(10)5(6)4(11-8)2-9-7/h3-5,9-10H,2,6-8H2,1H3. The Morgan fingerprint density at radius 2 is 2.18 bits per heavy atom. The third-order valence-electron chi connectivity index (χ3n) is 1.48. The molecule has 0 rings (SSSR count). The lowest BCUT2D eigenvalue weighted by Gasteiger charge is -2.23. The molecule has 0 saturated heterocycles. The molecule has 0 saturated carbocycles. The van der Waals surface area contributed by atoms with E-state index in [0.29, 0.717) is 6.54 Å². The zero-order valence-electron chi connectivity index (χ0n) is 6.53. The van der Waals surface area contributed by atoms with Gasteiger partial charge in [0.05, 0.1) is 12.1 Å². The van der Waals surface area contributed by atoms with Crippen LogP contribution < -0.4 is 22.9 Å². The lowest BCUT2D eigenvalue weighted by Crippen LogP contribution is -2.51. The summed E-state index contributed by atoms with van der Waals surface area (Å²) in [4.78, 5) is 4.49. The Labute approximate surface area is 65.6 Å². The molecule has 8 N–H and O–H groups in total. The summed E-state index contributed by atoms with van der Waals surface area (Å²) in [6.07, 6.45) is -1.14. The van der Waals surface area contributed by atoms with Gasteiger partial charge in [0.1, 0.15) is 6.10 Å². The van der Waals surface area contributed by atoms with Gasteiger partial charge in [0, 0.05) is 6.54 Å². The largest absolute Gasteiger partial charge is 0.392 e. The fourth-order valence-electron chi connectivity index (χ4n) is 0.702. The maximum absolute atomic E-state index is 9.02. The molecule has 0 aromatic heterocycles. The highest BCUT2D eigenvalue weighted by atomic mass is 16.6. The molecule has 6 heteroatoms. The van der Waals surface area contributed by atoms with Gasteiger partial charge in [0.2, 0.25) is 0 Å². The van der Waals surface area contributed by atoms with Crippen LogP contribution in [0.25, 0.3) is 0 Å². The number of nitrogens with one attached hydrogen (secondary N) is 1. The molecule has 0 aromatic carbocycles. The summed E-state index contributed by atoms with van der Waals surface area (Å²) in [5.74, 6) is 9.93. The molecule has 3 atom stereocenters. The first kappa shape index (κ1) is 10.8. The predicted octanol–water partition coefficient (Wildman–Crippen LogP) is -2.58. The highest BCUT2D eigenvalue weighted by Crippen LogP contribution is 1.97. The van der Waals surface area contributed by atoms with Crippen LogP contribution in [0.5, 0.6) is 0 Å². The van der Waals surface area contributed by atoms with Crippen molar-refractivity contribution in [1.82, 2.24) is 5.43 Å². The molecule has 0 aliphatic heterocycles. The van der Waals surface area contributed by atoms with Crippen molar-refractivity contribution >= 4 is 0 Å². The van der Waals surface area contributed by atoms with Gasteiger partial charge in [-0.25, -0.2) is 5.90 Å². The average Bonchev–Trinajstić information content (AvgIpc) is 1.98. The predicted molar refractivity (Wildman–Crippen MR) is 40.9 cm³/mol. The van der Waals surface area contributed by atoms with Crippen molar-refractivity contribution in [2.75, 3.05) is 6.54 Å². The molecule has 6 nitrogen and oxygen atoms in total. The van der Waals surface area contributed by atoms with E-state index in [4.69, 9.17) is 22.6 Å². The van der Waals surface area contributed by atoms with Gasteiger partial charge < -0.3 is 10.8 Å². The Balaban J connectivity index is 3.81. The first-order valence-corrected chi connectivity index (χ1v) is 3.36. The number of aliphatic hydroxyl groups excluding tert-OH is 1. The van der Waals surface area contributed by atoms with Gasteiger partial charge in [-0.3, -0.25) is 16.1 Å². The molecular formula is C5H16N4O2. The first-order chi connectivity index (χ1) is 5.13. The lowest BCUT2D eigenvalue weighted by molar-refractivity contribution is 0.000721. The van der Waals surface area contributed by atoms with Gasteiger partial charge in [-0.1, -0.05) is 0 Å². The van der Waals surface area contributed by atoms with Gasteiger partial charge in [0.15, 0.2) is 0 Å². The third-order valence-corrected chi connectivity index (χ3v) is 1.48. The van der Waals surface area contributed by atoms with Crippen LogP contribution in [0.1, 0.15) is 6.92 Å². The van der Waals surface area contributed by atoms with Crippen molar-refractivity contribution in [3.63, 3.8) is 0 Å². The van der Waals surface area contributed by atoms with Gasteiger partial charge in [-0.05, 0) is 6.92 Å². The fraction of sp³-hybridized carbons (Fsp3) is 1.00. The normalized spacial score (nSPS) is 19.4. The number of nitrogens with two attached hydrogens (primary N) is 3. The Hall–Kier alpha value is -0.240. The van der Waals surface area contributed by atoms with Crippen molar-refractivity contribution in [1.29, 1.82) is 0 Å². The van der Waals surface area contributed by atoms with Gasteiger partial charge >= 0.3 is 0 Å². The summed E-state index contributed by atoms with van der Waals surface area (Å²) >= 11 is 0. The molecule has 0 aliphatic rings. The Morgan fingerprint density at radius 1 is 1.64 bits per heavy atom. The Kier molecular flexibility index (Phi) is 5.30. The quantitative estimate of drug-likeness (QED) is 0.225. The van der Waals surface area contributed by atoms with Crippen molar-refractivity contribution in [3.8, 4) is 0 Å². The number of rotatable bonds is 5. The third kappa shape index (κ3) is 3.61. The Morgan fingerprint density at radius 3 is 2.45 bits per heavy atom. The molecule has 0 aromatic rings. The lowest BCUT2D eigenvalue weighted by atomic mass is 10.1. The SMILES string of the molecule is CC(O)C(N)C(CNN)ON. The second-order valence-corrected chi connectivity index (χ2v) is 2.40. The van der Waals surface area contributed by atoms with Crippen molar-refractivity contribution in [2.45, 2.75) is 25.2 Å². The summed E-state index contributed by atoms with van der Waals surface area (Å²) in [5.41, 5.74) is 7.87. The second kappa shape index (κ2) is 5.42. The molecule has 11 heavy (non-hydrogen) atoms. The van der Waals surface area contributed by atoms with E-state index in [1.54, 1.807) is 6.92 Å². The molecule has 0 radical (unpaired) electrons. The second-order valence-electron chi connectivity index (χ2n) is 2.40. The van der Waals surface area contributed by atoms with E-state index in [1.165, 1.54) is 0 Å². The minimum absolute atomic E-state index is 0.308. The minimum atomic E-state index is -0.670. The number of hydrazine groups is 1. The van der Waals surface area contributed by atoms with Crippen LogP contribution in [0.4, 0.5) is 0 Å². The van der Waals surface area contributed by atoms with Crippen LogP contribution in [0.15, 0.2) is 0 Å². The molecule has 0 heterocycles. The van der Waals surface area contributed by atoms with E-state index in [1.807, 2.05) is 0 Å². The van der Waals surface area contributed by atoms with E-state index >= 15 is 0 Å². The van der Waals surface area contributed by atoms with Gasteiger partial charge in [-0.2, -0.15) is 0 Å². The van der Waals surface area contributed by atoms with Crippen LogP contribution in [0.3, 0.4) is 0 Å². The van der Waals surface area contributed by atoms with Crippen LogP contribution in [0.2, 0.25) is 0 Å². The van der Waals surface area contributed by atoms with E-state index in [0.717, 1.165) is 0 Å². The fourth-order valence-corrected chi connectivity index (χ4v) is 0.702. The monoisotopic (exact) mass is 164 g/mol. The highest BCUT2D eigenvalue weighted by molar-refractivity contribution is 4.78. The number of hydrogen-bond donors (Lipinski definition) is 5. The summed E-state index contributed by atoms with van der Waals surface area (Å²) in [6.45, 7) is 1.87. The maximum Gasteiger partial charge on any atom is 0.110 e. The van der Waals surface area contributed by atoms with E-state index in [2.05, 4.69) is 10.3 Å². The molecule has 0 bridgehead atoms. The molecule has 0 fully saturated rings. The molecule has 0 spiro atoms. The van der Waals surface area contributed by atoms with Crippen molar-refractivity contribution in [3.05, 3.63) is 0 Å². The molecule has 0 aliphatic carbocycles. The maximum atomic E-state index is 9.02. The van der Waals surface area contributed by atoms with E-state index < -0.39 is 18.2 Å². The molecule has 0 amide bonds. The molecule has 3 unspecified atom stereocenters. The highest BCUT2D eigenvalue weighted by Gasteiger charge is 2.21. The average molecular weight is 164 g/mol. The zero-order valence-corrected chi connectivity index (χ0v) is 6.53.